The third kappa shape index (κ3) is 3.94. The van der Waals surface area contributed by atoms with Crippen LogP contribution in [0.15, 0.2) is 0 Å². The second kappa shape index (κ2) is 6.36. The predicted octanol–water partition coefficient (Wildman–Crippen LogP) is -0.504. The van der Waals surface area contributed by atoms with Crippen LogP contribution in [0.2, 0.25) is 0 Å². The van der Waals surface area contributed by atoms with E-state index in [1.165, 1.54) is 11.9 Å². The maximum Gasteiger partial charge on any atom is 0.327 e. The molecule has 1 fully saturated rings. The highest BCUT2D eigenvalue weighted by atomic mass is 16.4. The fourth-order valence-corrected chi connectivity index (χ4v) is 1.86. The van der Waals surface area contributed by atoms with E-state index in [1.54, 1.807) is 13.8 Å². The van der Waals surface area contributed by atoms with Gasteiger partial charge < -0.3 is 15.3 Å². The second-order valence-corrected chi connectivity index (χ2v) is 5.13. The molecule has 1 aliphatic rings. The summed E-state index contributed by atoms with van der Waals surface area (Å²) in [6.07, 6.45) is -0.203. The third-order valence-electron chi connectivity index (χ3n) is 3.08. The van der Waals surface area contributed by atoms with Crippen molar-refractivity contribution in [2.24, 2.45) is 5.92 Å². The van der Waals surface area contributed by atoms with E-state index in [0.717, 1.165) is 4.90 Å². The minimum Gasteiger partial charge on any atom is -0.481 e. The molecule has 1 saturated heterocycles. The predicted molar refractivity (Wildman–Crippen MR) is 68.8 cm³/mol. The SMILES string of the molecule is CC(C)C(CC(=O)O)NC(=O)CN1C(=O)CN(C)C1=O. The smallest absolute Gasteiger partial charge is 0.327 e. The molecule has 20 heavy (non-hydrogen) atoms. The fourth-order valence-electron chi connectivity index (χ4n) is 1.86. The molecule has 112 valence electrons. The average molecular weight is 285 g/mol. The highest BCUT2D eigenvalue weighted by Gasteiger charge is 2.35. The van der Waals surface area contributed by atoms with E-state index < -0.39 is 29.9 Å². The normalized spacial score (nSPS) is 16.8. The van der Waals surface area contributed by atoms with E-state index in [0.29, 0.717) is 0 Å². The standard InChI is InChI=1S/C12H19N3O5/c1-7(2)8(4-11(18)19)13-9(16)5-15-10(17)6-14(3)12(15)20/h7-8H,4-6H2,1-3H3,(H,13,16)(H,18,19). The van der Waals surface area contributed by atoms with E-state index in [1.807, 2.05) is 0 Å². The Morgan fingerprint density at radius 1 is 1.35 bits per heavy atom. The minimum atomic E-state index is -1.02. The maximum absolute atomic E-state index is 11.8. The summed E-state index contributed by atoms with van der Waals surface area (Å²) in [6, 6.07) is -1.06. The first kappa shape index (κ1) is 15.9. The molecule has 8 nitrogen and oxygen atoms in total. The van der Waals surface area contributed by atoms with Crippen LogP contribution in [0.25, 0.3) is 0 Å². The monoisotopic (exact) mass is 285 g/mol. The highest BCUT2D eigenvalue weighted by Crippen LogP contribution is 2.09. The number of imide groups is 1. The molecule has 0 aromatic carbocycles. The molecule has 0 bridgehead atoms. The first-order valence-electron chi connectivity index (χ1n) is 6.29. The van der Waals surface area contributed by atoms with Crippen LogP contribution in [0.3, 0.4) is 0 Å². The Labute approximate surface area is 116 Å². The van der Waals surface area contributed by atoms with Gasteiger partial charge in [-0.25, -0.2) is 4.79 Å². The average Bonchev–Trinajstić information content (AvgIpc) is 2.54. The largest absolute Gasteiger partial charge is 0.481 e. The Balaban J connectivity index is 2.60. The van der Waals surface area contributed by atoms with Crippen LogP contribution in [-0.4, -0.2) is 64.9 Å². The van der Waals surface area contributed by atoms with Gasteiger partial charge in [-0.15, -0.1) is 0 Å². The van der Waals surface area contributed by atoms with Gasteiger partial charge in [-0.2, -0.15) is 0 Å². The van der Waals surface area contributed by atoms with Crippen molar-refractivity contribution in [2.75, 3.05) is 20.1 Å². The number of nitrogens with one attached hydrogen (secondary N) is 1. The summed E-state index contributed by atoms with van der Waals surface area (Å²) < 4.78 is 0. The van der Waals surface area contributed by atoms with Crippen molar-refractivity contribution in [1.82, 2.24) is 15.1 Å². The summed E-state index contributed by atoms with van der Waals surface area (Å²) in [5.74, 6) is -2.06. The number of carboxylic acid groups (broad SMARTS) is 1. The van der Waals surface area contributed by atoms with Gasteiger partial charge in [0.05, 0.1) is 6.42 Å². The number of carbonyl (C=O) groups excluding carboxylic acids is 3. The summed E-state index contributed by atoms with van der Waals surface area (Å²) in [5.41, 5.74) is 0. The molecule has 0 saturated carbocycles. The molecule has 1 atom stereocenters. The van der Waals surface area contributed by atoms with Gasteiger partial charge in [0.1, 0.15) is 13.1 Å². The Morgan fingerprint density at radius 3 is 2.35 bits per heavy atom. The third-order valence-corrected chi connectivity index (χ3v) is 3.08. The Hall–Kier alpha value is -2.12. The van der Waals surface area contributed by atoms with E-state index in [4.69, 9.17) is 5.11 Å². The molecule has 1 rings (SSSR count). The van der Waals surface area contributed by atoms with E-state index >= 15 is 0 Å². The molecule has 0 spiro atoms. The zero-order valence-electron chi connectivity index (χ0n) is 11.8. The topological polar surface area (TPSA) is 107 Å². The molecule has 8 heteroatoms. The number of hydrogen-bond donors (Lipinski definition) is 2. The maximum atomic E-state index is 11.8. The number of carbonyl (C=O) groups is 4. The number of likely N-dealkylation sites (N-methyl/N-ethyl adjacent to an activating group) is 1. The molecule has 0 radical (unpaired) electrons. The summed E-state index contributed by atoms with van der Waals surface area (Å²) in [5, 5.41) is 11.3. The van der Waals surface area contributed by atoms with Gasteiger partial charge in [-0.05, 0) is 5.92 Å². The zero-order chi connectivity index (χ0) is 15.4. The van der Waals surface area contributed by atoms with Crippen LogP contribution in [-0.2, 0) is 14.4 Å². The lowest BCUT2D eigenvalue weighted by atomic mass is 10.0. The molecular formula is C12H19N3O5. The number of hydrogen-bond acceptors (Lipinski definition) is 4. The van der Waals surface area contributed by atoms with E-state index in [9.17, 15) is 19.2 Å². The molecule has 1 heterocycles. The van der Waals surface area contributed by atoms with Crippen molar-refractivity contribution in [3.05, 3.63) is 0 Å². The molecule has 0 aromatic heterocycles. The highest BCUT2D eigenvalue weighted by molar-refractivity contribution is 6.04. The Morgan fingerprint density at radius 2 is 1.95 bits per heavy atom. The quantitative estimate of drug-likeness (QED) is 0.639. The number of amides is 4. The van der Waals surface area contributed by atoms with Crippen LogP contribution in [0, 0.1) is 5.92 Å². The van der Waals surface area contributed by atoms with Gasteiger partial charge in [-0.1, -0.05) is 13.8 Å². The van der Waals surface area contributed by atoms with Crippen LogP contribution in [0.1, 0.15) is 20.3 Å². The first-order chi connectivity index (χ1) is 9.22. The van der Waals surface area contributed by atoms with E-state index in [2.05, 4.69) is 5.32 Å². The Kier molecular flexibility index (Phi) is 5.06. The van der Waals surface area contributed by atoms with Crippen molar-refractivity contribution in [3.8, 4) is 0 Å². The number of rotatable bonds is 6. The van der Waals surface area contributed by atoms with Crippen molar-refractivity contribution in [1.29, 1.82) is 0 Å². The lowest BCUT2D eigenvalue weighted by molar-refractivity contribution is -0.138. The van der Waals surface area contributed by atoms with Crippen molar-refractivity contribution >= 4 is 23.8 Å². The molecule has 4 amide bonds. The number of nitrogens with zero attached hydrogens (tertiary/aromatic N) is 2. The summed E-state index contributed by atoms with van der Waals surface area (Å²) in [4.78, 5) is 47.7. The molecule has 1 unspecified atom stereocenters. The van der Waals surface area contributed by atoms with Gasteiger partial charge in [0.25, 0.3) is 5.91 Å². The van der Waals surface area contributed by atoms with Gasteiger partial charge in [0.2, 0.25) is 5.91 Å². The van der Waals surface area contributed by atoms with Crippen molar-refractivity contribution in [3.63, 3.8) is 0 Å². The molecule has 0 aromatic rings. The van der Waals surface area contributed by atoms with Gasteiger partial charge >= 0.3 is 12.0 Å². The fraction of sp³-hybridized carbons (Fsp3) is 0.667. The van der Waals surface area contributed by atoms with Crippen molar-refractivity contribution in [2.45, 2.75) is 26.3 Å². The lowest BCUT2D eigenvalue weighted by Gasteiger charge is -2.22. The van der Waals surface area contributed by atoms with Crippen LogP contribution < -0.4 is 5.32 Å². The first-order valence-corrected chi connectivity index (χ1v) is 6.29. The molecule has 1 aliphatic heterocycles. The van der Waals surface area contributed by atoms with Crippen LogP contribution in [0.4, 0.5) is 4.79 Å². The van der Waals surface area contributed by atoms with Gasteiger partial charge in [0, 0.05) is 13.1 Å². The number of urea groups is 1. The van der Waals surface area contributed by atoms with Gasteiger partial charge in [0.15, 0.2) is 0 Å². The second-order valence-electron chi connectivity index (χ2n) is 5.13. The van der Waals surface area contributed by atoms with E-state index in [-0.39, 0.29) is 25.4 Å². The van der Waals surface area contributed by atoms with Crippen LogP contribution >= 0.6 is 0 Å². The zero-order valence-corrected chi connectivity index (χ0v) is 11.8. The molecular weight excluding hydrogens is 266 g/mol. The van der Waals surface area contributed by atoms with Gasteiger partial charge in [-0.3, -0.25) is 19.3 Å². The number of carboxylic acids is 1. The number of aliphatic carboxylic acids is 1. The summed E-state index contributed by atoms with van der Waals surface area (Å²) >= 11 is 0. The van der Waals surface area contributed by atoms with Crippen LogP contribution in [0.5, 0.6) is 0 Å². The minimum absolute atomic E-state index is 0.0468. The molecule has 2 N–H and O–H groups in total. The summed E-state index contributed by atoms with van der Waals surface area (Å²) in [7, 11) is 1.47. The Bertz CT molecular complexity index is 435. The van der Waals surface area contributed by atoms with Crippen molar-refractivity contribution < 1.29 is 24.3 Å². The molecule has 0 aliphatic carbocycles. The summed E-state index contributed by atoms with van der Waals surface area (Å²) in [6.45, 7) is 3.14. The lowest BCUT2D eigenvalue weighted by Crippen LogP contribution is -2.46.